The van der Waals surface area contributed by atoms with Gasteiger partial charge in [0, 0.05) is 12.4 Å². The summed E-state index contributed by atoms with van der Waals surface area (Å²) in [5.41, 5.74) is 1.98. The van der Waals surface area contributed by atoms with Gasteiger partial charge in [-0.1, -0.05) is 19.4 Å². The van der Waals surface area contributed by atoms with Crippen molar-refractivity contribution in [3.63, 3.8) is 0 Å². The van der Waals surface area contributed by atoms with Crippen LogP contribution in [0.1, 0.15) is 38.2 Å². The van der Waals surface area contributed by atoms with E-state index in [1.54, 1.807) is 0 Å². The van der Waals surface area contributed by atoms with E-state index in [0.717, 1.165) is 0 Å². The lowest BCUT2D eigenvalue weighted by molar-refractivity contribution is 0.604. The summed E-state index contributed by atoms with van der Waals surface area (Å²) in [6.07, 6.45) is 9.24. The van der Waals surface area contributed by atoms with Crippen LogP contribution in [-0.4, -0.2) is 4.98 Å². The summed E-state index contributed by atoms with van der Waals surface area (Å²) >= 11 is 0. The zero-order chi connectivity index (χ0) is 8.44. The third-order valence-electron chi connectivity index (χ3n) is 2.86. The third kappa shape index (κ3) is 1.24. The van der Waals surface area contributed by atoms with Gasteiger partial charge in [0.25, 0.3) is 0 Å². The van der Waals surface area contributed by atoms with Crippen LogP contribution in [0.5, 0.6) is 0 Å². The largest absolute Gasteiger partial charge is 0.264 e. The van der Waals surface area contributed by atoms with E-state index in [1.165, 1.54) is 31.2 Å². The van der Waals surface area contributed by atoms with Crippen LogP contribution in [0.4, 0.5) is 0 Å². The number of rotatable bonds is 3. The summed E-state index contributed by atoms with van der Waals surface area (Å²) < 4.78 is 0. The molecule has 0 unspecified atom stereocenters. The lowest BCUT2D eigenvalue weighted by atomic mass is 9.93. The minimum Gasteiger partial charge on any atom is -0.264 e. The van der Waals surface area contributed by atoms with E-state index in [1.807, 2.05) is 18.5 Å². The molecule has 1 aromatic rings. The van der Waals surface area contributed by atoms with Gasteiger partial charge < -0.3 is 0 Å². The standard InChI is InChI=1S/C11H15N/c1-2-5-11(6-7-11)10-4-3-8-12-9-10/h3-4,8-9H,2,5-7H2,1H3. The Hall–Kier alpha value is -0.850. The summed E-state index contributed by atoms with van der Waals surface area (Å²) in [4.78, 5) is 4.17. The number of hydrogen-bond acceptors (Lipinski definition) is 1. The molecule has 0 aliphatic heterocycles. The summed E-state index contributed by atoms with van der Waals surface area (Å²) in [5.74, 6) is 0. The maximum absolute atomic E-state index is 4.17. The maximum atomic E-state index is 4.17. The van der Waals surface area contributed by atoms with E-state index in [0.29, 0.717) is 5.41 Å². The first-order valence-corrected chi connectivity index (χ1v) is 4.78. The molecular formula is C11H15N. The van der Waals surface area contributed by atoms with E-state index < -0.39 is 0 Å². The van der Waals surface area contributed by atoms with Crippen molar-refractivity contribution in [2.45, 2.75) is 38.0 Å². The molecule has 0 spiro atoms. The minimum atomic E-state index is 0.531. The second-order valence-electron chi connectivity index (χ2n) is 3.77. The first-order valence-electron chi connectivity index (χ1n) is 4.78. The molecule has 1 aromatic heterocycles. The summed E-state index contributed by atoms with van der Waals surface area (Å²) in [6.45, 7) is 2.26. The SMILES string of the molecule is CCCC1(c2cccnc2)CC1. The third-order valence-corrected chi connectivity index (χ3v) is 2.86. The monoisotopic (exact) mass is 161 g/mol. The molecule has 0 radical (unpaired) electrons. The second kappa shape index (κ2) is 2.89. The van der Waals surface area contributed by atoms with Crippen molar-refractivity contribution >= 4 is 0 Å². The van der Waals surface area contributed by atoms with Gasteiger partial charge in [-0.05, 0) is 36.3 Å². The Morgan fingerprint density at radius 3 is 2.83 bits per heavy atom. The Morgan fingerprint density at radius 2 is 2.33 bits per heavy atom. The summed E-state index contributed by atoms with van der Waals surface area (Å²) in [6, 6.07) is 4.26. The molecule has 1 saturated carbocycles. The van der Waals surface area contributed by atoms with E-state index in [9.17, 15) is 0 Å². The Kier molecular flexibility index (Phi) is 1.87. The maximum Gasteiger partial charge on any atom is 0.0305 e. The summed E-state index contributed by atoms with van der Waals surface area (Å²) in [7, 11) is 0. The van der Waals surface area contributed by atoms with Gasteiger partial charge in [0.05, 0.1) is 0 Å². The van der Waals surface area contributed by atoms with Crippen LogP contribution >= 0.6 is 0 Å². The molecule has 64 valence electrons. The number of hydrogen-bond donors (Lipinski definition) is 0. The molecule has 2 rings (SSSR count). The van der Waals surface area contributed by atoms with Crippen LogP contribution < -0.4 is 0 Å². The van der Waals surface area contributed by atoms with Gasteiger partial charge in [0.1, 0.15) is 0 Å². The van der Waals surface area contributed by atoms with Gasteiger partial charge in [0.2, 0.25) is 0 Å². The highest BCUT2D eigenvalue weighted by Gasteiger charge is 2.42. The molecular weight excluding hydrogens is 146 g/mol. The molecule has 0 aromatic carbocycles. The average Bonchev–Trinajstić information content (AvgIpc) is 2.88. The molecule has 1 heterocycles. The predicted molar refractivity (Wildman–Crippen MR) is 50.1 cm³/mol. The van der Waals surface area contributed by atoms with Crippen molar-refractivity contribution in [1.82, 2.24) is 4.98 Å². The Balaban J connectivity index is 2.19. The summed E-state index contributed by atoms with van der Waals surface area (Å²) in [5, 5.41) is 0. The van der Waals surface area contributed by atoms with Crippen LogP contribution in [0.15, 0.2) is 24.5 Å². The fourth-order valence-electron chi connectivity index (χ4n) is 1.99. The van der Waals surface area contributed by atoms with Gasteiger partial charge in [0.15, 0.2) is 0 Å². The highest BCUT2D eigenvalue weighted by Crippen LogP contribution is 2.51. The van der Waals surface area contributed by atoms with Crippen LogP contribution in [0.2, 0.25) is 0 Å². The van der Waals surface area contributed by atoms with Gasteiger partial charge in [-0.25, -0.2) is 0 Å². The van der Waals surface area contributed by atoms with Gasteiger partial charge in [-0.15, -0.1) is 0 Å². The van der Waals surface area contributed by atoms with Gasteiger partial charge >= 0.3 is 0 Å². The molecule has 1 heteroatoms. The first-order chi connectivity index (χ1) is 5.87. The number of aromatic nitrogens is 1. The molecule has 1 fully saturated rings. The molecule has 0 atom stereocenters. The van der Waals surface area contributed by atoms with Crippen molar-refractivity contribution in [2.24, 2.45) is 0 Å². The number of pyridine rings is 1. The van der Waals surface area contributed by atoms with Gasteiger partial charge in [-0.2, -0.15) is 0 Å². The van der Waals surface area contributed by atoms with Crippen LogP contribution in [0, 0.1) is 0 Å². The van der Waals surface area contributed by atoms with Crippen molar-refractivity contribution in [1.29, 1.82) is 0 Å². The van der Waals surface area contributed by atoms with E-state index in [-0.39, 0.29) is 0 Å². The molecule has 1 aliphatic carbocycles. The molecule has 1 aliphatic rings. The first kappa shape index (κ1) is 7.78. The van der Waals surface area contributed by atoms with Crippen molar-refractivity contribution in [3.8, 4) is 0 Å². The lowest BCUT2D eigenvalue weighted by Crippen LogP contribution is -2.05. The average molecular weight is 161 g/mol. The molecule has 0 bridgehead atoms. The highest BCUT2D eigenvalue weighted by atomic mass is 14.6. The van der Waals surface area contributed by atoms with Crippen LogP contribution in [-0.2, 0) is 5.41 Å². The molecule has 0 amide bonds. The second-order valence-corrected chi connectivity index (χ2v) is 3.77. The van der Waals surface area contributed by atoms with E-state index in [4.69, 9.17) is 0 Å². The van der Waals surface area contributed by atoms with Crippen LogP contribution in [0.3, 0.4) is 0 Å². The smallest absolute Gasteiger partial charge is 0.0305 e. The van der Waals surface area contributed by atoms with E-state index in [2.05, 4.69) is 18.0 Å². The lowest BCUT2D eigenvalue weighted by Gasteiger charge is -2.12. The van der Waals surface area contributed by atoms with E-state index >= 15 is 0 Å². The molecule has 12 heavy (non-hydrogen) atoms. The topological polar surface area (TPSA) is 12.9 Å². The number of nitrogens with zero attached hydrogens (tertiary/aromatic N) is 1. The zero-order valence-electron chi connectivity index (χ0n) is 7.59. The zero-order valence-corrected chi connectivity index (χ0v) is 7.59. The Labute approximate surface area is 73.8 Å². The molecule has 0 saturated heterocycles. The van der Waals surface area contributed by atoms with Crippen molar-refractivity contribution in [2.75, 3.05) is 0 Å². The Morgan fingerprint density at radius 1 is 1.50 bits per heavy atom. The van der Waals surface area contributed by atoms with Crippen LogP contribution in [0.25, 0.3) is 0 Å². The fourth-order valence-corrected chi connectivity index (χ4v) is 1.99. The highest BCUT2D eigenvalue weighted by molar-refractivity contribution is 5.27. The Bertz CT molecular complexity index is 249. The molecule has 0 N–H and O–H groups in total. The molecule has 1 nitrogen and oxygen atoms in total. The predicted octanol–water partition coefficient (Wildman–Crippen LogP) is 2.91. The quantitative estimate of drug-likeness (QED) is 0.664. The normalized spacial score (nSPS) is 19.1. The van der Waals surface area contributed by atoms with Crippen molar-refractivity contribution < 1.29 is 0 Å². The van der Waals surface area contributed by atoms with Gasteiger partial charge in [-0.3, -0.25) is 4.98 Å². The fraction of sp³-hybridized carbons (Fsp3) is 0.545. The van der Waals surface area contributed by atoms with Crippen molar-refractivity contribution in [3.05, 3.63) is 30.1 Å². The minimum absolute atomic E-state index is 0.531.